The Hall–Kier alpha value is -3.60. The number of rotatable bonds is 6. The highest BCUT2D eigenvalue weighted by Gasteiger charge is 2.39. The fourth-order valence-electron chi connectivity index (χ4n) is 4.03. The second kappa shape index (κ2) is 8.82. The number of hydrogen-bond donors (Lipinski definition) is 1. The molecule has 1 aliphatic rings. The summed E-state index contributed by atoms with van der Waals surface area (Å²) in [6, 6.07) is 26.6. The maximum atomic E-state index is 13.5. The molecule has 0 spiro atoms. The SMILES string of the molecule is COc1ccccc1CN1CC(=O)N[C@@H](C(c2ccccc2)c2ccccc2)C1=O. The standard InChI is InChI=1S/C25H24N2O3/c1-30-21-15-9-8-14-20(21)16-27-17-22(28)26-24(25(27)29)23(18-10-4-2-5-11-18)19-12-6-3-7-13-19/h2-15,23-24H,16-17H2,1H3,(H,26,28)/t24-/m0/s1. The summed E-state index contributed by atoms with van der Waals surface area (Å²) in [6.45, 7) is 0.354. The largest absolute Gasteiger partial charge is 0.496 e. The van der Waals surface area contributed by atoms with Crippen molar-refractivity contribution in [2.75, 3.05) is 13.7 Å². The number of methoxy groups -OCH3 is 1. The molecule has 0 aliphatic carbocycles. The number of hydrogen-bond acceptors (Lipinski definition) is 3. The molecule has 0 radical (unpaired) electrons. The topological polar surface area (TPSA) is 58.6 Å². The molecule has 1 N–H and O–H groups in total. The molecular weight excluding hydrogens is 376 g/mol. The average Bonchev–Trinajstić information content (AvgIpc) is 2.79. The number of carbonyl (C=O) groups excluding carboxylic acids is 2. The zero-order chi connectivity index (χ0) is 20.9. The van der Waals surface area contributed by atoms with Crippen LogP contribution in [0.4, 0.5) is 0 Å². The molecule has 1 saturated heterocycles. The number of amides is 2. The van der Waals surface area contributed by atoms with Gasteiger partial charge in [-0.05, 0) is 17.2 Å². The van der Waals surface area contributed by atoms with E-state index in [2.05, 4.69) is 5.32 Å². The molecule has 0 aromatic heterocycles. The lowest BCUT2D eigenvalue weighted by Gasteiger charge is -2.37. The third-order valence-electron chi connectivity index (χ3n) is 5.43. The minimum Gasteiger partial charge on any atom is -0.496 e. The minimum atomic E-state index is -0.675. The lowest BCUT2D eigenvalue weighted by Crippen LogP contribution is -2.59. The second-order valence-electron chi connectivity index (χ2n) is 7.35. The van der Waals surface area contributed by atoms with E-state index in [9.17, 15) is 9.59 Å². The molecule has 0 bridgehead atoms. The number of nitrogens with one attached hydrogen (secondary N) is 1. The molecule has 30 heavy (non-hydrogen) atoms. The molecule has 3 aromatic rings. The van der Waals surface area contributed by atoms with Gasteiger partial charge in [0.25, 0.3) is 0 Å². The van der Waals surface area contributed by atoms with Gasteiger partial charge < -0.3 is 15.0 Å². The van der Waals surface area contributed by atoms with Crippen LogP contribution in [0.15, 0.2) is 84.9 Å². The van der Waals surface area contributed by atoms with E-state index in [-0.39, 0.29) is 24.3 Å². The molecule has 1 atom stereocenters. The van der Waals surface area contributed by atoms with Crippen LogP contribution in [0.3, 0.4) is 0 Å². The third-order valence-corrected chi connectivity index (χ3v) is 5.43. The summed E-state index contributed by atoms with van der Waals surface area (Å²) < 4.78 is 5.42. The predicted molar refractivity (Wildman–Crippen MR) is 115 cm³/mol. The second-order valence-corrected chi connectivity index (χ2v) is 7.35. The summed E-state index contributed by atoms with van der Waals surface area (Å²) in [4.78, 5) is 27.7. The van der Waals surface area contributed by atoms with Gasteiger partial charge >= 0.3 is 0 Å². The molecule has 1 fully saturated rings. The lowest BCUT2D eigenvalue weighted by molar-refractivity contribution is -0.145. The van der Waals surface area contributed by atoms with Crippen LogP contribution in [0.1, 0.15) is 22.6 Å². The number of carbonyl (C=O) groups is 2. The Bertz CT molecular complexity index is 981. The summed E-state index contributed by atoms with van der Waals surface area (Å²) in [5.41, 5.74) is 2.85. The highest BCUT2D eigenvalue weighted by atomic mass is 16.5. The van der Waals surface area contributed by atoms with E-state index in [0.29, 0.717) is 12.3 Å². The van der Waals surface area contributed by atoms with Crippen molar-refractivity contribution in [2.45, 2.75) is 18.5 Å². The van der Waals surface area contributed by atoms with Gasteiger partial charge in [-0.1, -0.05) is 78.9 Å². The van der Waals surface area contributed by atoms with Crippen LogP contribution in [0, 0.1) is 0 Å². The average molecular weight is 400 g/mol. The number of para-hydroxylation sites is 1. The van der Waals surface area contributed by atoms with Gasteiger partial charge in [0, 0.05) is 18.0 Å². The van der Waals surface area contributed by atoms with Crippen molar-refractivity contribution in [1.82, 2.24) is 10.2 Å². The van der Waals surface area contributed by atoms with E-state index in [0.717, 1.165) is 16.7 Å². The van der Waals surface area contributed by atoms with Crippen LogP contribution >= 0.6 is 0 Å². The number of benzene rings is 3. The first kappa shape index (κ1) is 19.7. The van der Waals surface area contributed by atoms with Crippen LogP contribution in [0.2, 0.25) is 0 Å². The Kier molecular flexibility index (Phi) is 5.80. The molecule has 4 rings (SSSR count). The first-order chi connectivity index (χ1) is 14.7. The van der Waals surface area contributed by atoms with Crippen molar-refractivity contribution in [1.29, 1.82) is 0 Å². The van der Waals surface area contributed by atoms with E-state index >= 15 is 0 Å². The van der Waals surface area contributed by atoms with Gasteiger partial charge in [-0.3, -0.25) is 9.59 Å². The Morgan fingerprint density at radius 1 is 0.900 bits per heavy atom. The predicted octanol–water partition coefficient (Wildman–Crippen LogP) is 3.35. The van der Waals surface area contributed by atoms with Crippen molar-refractivity contribution >= 4 is 11.8 Å². The van der Waals surface area contributed by atoms with Crippen molar-refractivity contribution < 1.29 is 14.3 Å². The van der Waals surface area contributed by atoms with Crippen molar-refractivity contribution in [3.63, 3.8) is 0 Å². The first-order valence-corrected chi connectivity index (χ1v) is 9.97. The fourth-order valence-corrected chi connectivity index (χ4v) is 4.03. The molecule has 1 aliphatic heterocycles. The minimum absolute atomic E-state index is 0.0314. The maximum absolute atomic E-state index is 13.5. The van der Waals surface area contributed by atoms with Gasteiger partial charge in [0.15, 0.2) is 0 Å². The van der Waals surface area contributed by atoms with E-state index in [4.69, 9.17) is 4.74 Å². The zero-order valence-electron chi connectivity index (χ0n) is 16.8. The van der Waals surface area contributed by atoms with Gasteiger partial charge in [-0.25, -0.2) is 0 Å². The molecule has 0 saturated carbocycles. The number of nitrogens with zero attached hydrogens (tertiary/aromatic N) is 1. The Morgan fingerprint density at radius 3 is 2.07 bits per heavy atom. The van der Waals surface area contributed by atoms with E-state index in [1.165, 1.54) is 0 Å². The van der Waals surface area contributed by atoms with Crippen molar-refractivity contribution in [3.8, 4) is 5.75 Å². The smallest absolute Gasteiger partial charge is 0.246 e. The molecule has 5 heteroatoms. The van der Waals surface area contributed by atoms with Crippen LogP contribution in [0.5, 0.6) is 5.75 Å². The molecule has 0 unspecified atom stereocenters. The maximum Gasteiger partial charge on any atom is 0.246 e. The van der Waals surface area contributed by atoms with Crippen molar-refractivity contribution in [2.24, 2.45) is 0 Å². The van der Waals surface area contributed by atoms with Gasteiger partial charge in [0.2, 0.25) is 11.8 Å². The zero-order valence-corrected chi connectivity index (χ0v) is 16.8. The summed E-state index contributed by atoms with van der Waals surface area (Å²) in [6.07, 6.45) is 0. The van der Waals surface area contributed by atoms with Crippen LogP contribution < -0.4 is 10.1 Å². The molecule has 152 valence electrons. The normalized spacial score (nSPS) is 16.5. The van der Waals surface area contributed by atoms with Gasteiger partial charge in [-0.15, -0.1) is 0 Å². The fraction of sp³-hybridized carbons (Fsp3) is 0.200. The Balaban J connectivity index is 1.69. The van der Waals surface area contributed by atoms with E-state index < -0.39 is 6.04 Å². The lowest BCUT2D eigenvalue weighted by atomic mass is 9.83. The third kappa shape index (κ3) is 4.06. The molecule has 2 amide bonds. The molecule has 1 heterocycles. The molecular formula is C25H24N2O3. The van der Waals surface area contributed by atoms with Gasteiger partial charge in [0.1, 0.15) is 11.8 Å². The van der Waals surface area contributed by atoms with Gasteiger partial charge in [-0.2, -0.15) is 0 Å². The summed E-state index contributed by atoms with van der Waals surface area (Å²) in [5, 5.41) is 2.95. The molecule has 5 nitrogen and oxygen atoms in total. The highest BCUT2D eigenvalue weighted by molar-refractivity contribution is 5.96. The van der Waals surface area contributed by atoms with Crippen molar-refractivity contribution in [3.05, 3.63) is 102 Å². The van der Waals surface area contributed by atoms with E-state index in [1.54, 1.807) is 12.0 Å². The van der Waals surface area contributed by atoms with E-state index in [1.807, 2.05) is 84.9 Å². The quantitative estimate of drug-likeness (QED) is 0.690. The highest BCUT2D eigenvalue weighted by Crippen LogP contribution is 2.31. The van der Waals surface area contributed by atoms with Crippen LogP contribution in [-0.2, 0) is 16.1 Å². The summed E-state index contributed by atoms with van der Waals surface area (Å²) in [5.74, 6) is 0.171. The number of ether oxygens (including phenoxy) is 1. The monoisotopic (exact) mass is 400 g/mol. The summed E-state index contributed by atoms with van der Waals surface area (Å²) in [7, 11) is 1.60. The van der Waals surface area contributed by atoms with Crippen LogP contribution in [0.25, 0.3) is 0 Å². The Morgan fingerprint density at radius 2 is 1.47 bits per heavy atom. The summed E-state index contributed by atoms with van der Waals surface area (Å²) >= 11 is 0. The first-order valence-electron chi connectivity index (χ1n) is 9.97. The Labute approximate surface area is 176 Å². The van der Waals surface area contributed by atoms with Crippen LogP contribution in [-0.4, -0.2) is 36.4 Å². The molecule has 3 aromatic carbocycles. The number of piperazine rings is 1. The van der Waals surface area contributed by atoms with Gasteiger partial charge in [0.05, 0.1) is 13.7 Å².